The van der Waals surface area contributed by atoms with Gasteiger partial charge >= 0.3 is 5.69 Å². The maximum atomic E-state index is 11.7. The van der Waals surface area contributed by atoms with E-state index in [0.29, 0.717) is 19.0 Å². The molecule has 0 aromatic carbocycles. The van der Waals surface area contributed by atoms with Crippen molar-refractivity contribution in [2.75, 3.05) is 19.9 Å². The lowest BCUT2D eigenvalue weighted by Gasteiger charge is -2.08. The Morgan fingerprint density at radius 2 is 2.10 bits per heavy atom. The van der Waals surface area contributed by atoms with E-state index in [1.165, 1.54) is 17.9 Å². The molecule has 1 N–H and O–H groups in total. The van der Waals surface area contributed by atoms with Gasteiger partial charge < -0.3 is 4.52 Å². The largest absolute Gasteiger partial charge is 0.332 e. The van der Waals surface area contributed by atoms with Crippen LogP contribution in [0.2, 0.25) is 0 Å². The zero-order valence-corrected chi connectivity index (χ0v) is 13.7. The lowest BCUT2D eigenvalue weighted by atomic mass is 10.3. The summed E-state index contributed by atoms with van der Waals surface area (Å²) in [5.41, 5.74) is -0.662. The van der Waals surface area contributed by atoms with Crippen LogP contribution in [-0.2, 0) is 9.09 Å². The lowest BCUT2D eigenvalue weighted by molar-refractivity contribution is 0.398. The molecule has 0 aliphatic rings. The Kier molecular flexibility index (Phi) is 6.19. The smallest absolute Gasteiger partial charge is 0.328 e. The predicted octanol–water partition coefficient (Wildman–Crippen LogP) is 1.80. The van der Waals surface area contributed by atoms with Gasteiger partial charge in [0, 0.05) is 38.6 Å². The fraction of sp³-hybridized carbons (Fsp3) is 0.571. The van der Waals surface area contributed by atoms with Gasteiger partial charge in [-0.05, 0) is 20.3 Å². The minimum absolute atomic E-state index is 0.0532. The molecule has 21 heavy (non-hydrogen) atoms. The molecule has 0 saturated heterocycles. The maximum absolute atomic E-state index is 11.7. The first-order valence-electron chi connectivity index (χ1n) is 6.73. The van der Waals surface area contributed by atoms with E-state index in [0.717, 1.165) is 0 Å². The molecule has 0 bridgehead atoms. The minimum Gasteiger partial charge on any atom is -0.332 e. The Labute approximate surface area is 124 Å². The minimum atomic E-state index is -2.50. The number of aromatic amines is 1. The zero-order valence-electron chi connectivity index (χ0n) is 12.8. The van der Waals surface area contributed by atoms with Crippen LogP contribution in [0.4, 0.5) is 0 Å². The quantitative estimate of drug-likeness (QED) is 0.511. The van der Waals surface area contributed by atoms with Crippen LogP contribution >= 0.6 is 7.37 Å². The van der Waals surface area contributed by atoms with E-state index < -0.39 is 18.6 Å². The summed E-state index contributed by atoms with van der Waals surface area (Å²) >= 11 is 0. The third-order valence-corrected chi connectivity index (χ3v) is 4.90. The number of hydrogen-bond donors (Lipinski definition) is 1. The molecule has 116 valence electrons. The second kappa shape index (κ2) is 7.44. The summed E-state index contributed by atoms with van der Waals surface area (Å²) in [5, 5.41) is 0. The van der Waals surface area contributed by atoms with Crippen LogP contribution in [0.1, 0.15) is 38.3 Å². The van der Waals surface area contributed by atoms with Crippen LogP contribution < -0.4 is 11.2 Å². The van der Waals surface area contributed by atoms with E-state index in [4.69, 9.17) is 4.52 Å². The van der Waals surface area contributed by atoms with Gasteiger partial charge in [-0.2, -0.15) is 0 Å². The van der Waals surface area contributed by atoms with Gasteiger partial charge in [-0.1, -0.05) is 11.8 Å². The molecule has 1 aromatic rings. The predicted molar refractivity (Wildman–Crippen MR) is 83.2 cm³/mol. The van der Waals surface area contributed by atoms with Crippen molar-refractivity contribution < 1.29 is 9.09 Å². The lowest BCUT2D eigenvalue weighted by Crippen LogP contribution is -2.31. The van der Waals surface area contributed by atoms with Crippen LogP contribution in [0.5, 0.6) is 0 Å². The van der Waals surface area contributed by atoms with Gasteiger partial charge in [0.1, 0.15) is 5.56 Å². The van der Waals surface area contributed by atoms with Crippen LogP contribution in [0.3, 0.4) is 0 Å². The Bertz CT molecular complexity index is 706. The number of aromatic nitrogens is 2. The van der Waals surface area contributed by atoms with Crippen LogP contribution in [0.25, 0.3) is 0 Å². The average molecular weight is 312 g/mol. The SMILES string of the molecule is COP(C)(=O)CCCC#Cc1cn(C(C)C)c(=O)[nH]c1=O. The molecule has 0 saturated carbocycles. The second-order valence-electron chi connectivity index (χ2n) is 5.13. The summed E-state index contributed by atoms with van der Waals surface area (Å²) in [4.78, 5) is 25.5. The molecule has 0 spiro atoms. The summed E-state index contributed by atoms with van der Waals surface area (Å²) in [6.07, 6.45) is 3.08. The standard InChI is InChI=1S/C14H21N2O4P/c1-11(2)16-10-12(13(17)15-14(16)18)8-6-5-7-9-21(4,19)20-3/h10-11H,5,7,9H2,1-4H3,(H,15,17,18). The number of rotatable bonds is 5. The maximum Gasteiger partial charge on any atom is 0.328 e. The third-order valence-electron chi connectivity index (χ3n) is 3.00. The number of nitrogens with one attached hydrogen (secondary N) is 1. The molecule has 1 unspecified atom stereocenters. The number of unbranched alkanes of at least 4 members (excludes halogenated alkanes) is 1. The highest BCUT2D eigenvalue weighted by Crippen LogP contribution is 2.41. The molecule has 0 amide bonds. The monoisotopic (exact) mass is 312 g/mol. The first kappa shape index (κ1) is 17.5. The summed E-state index contributed by atoms with van der Waals surface area (Å²) < 4.78 is 18.0. The molecule has 1 heterocycles. The fourth-order valence-corrected chi connectivity index (χ4v) is 2.58. The van der Waals surface area contributed by atoms with Crippen molar-refractivity contribution in [2.45, 2.75) is 32.7 Å². The summed E-state index contributed by atoms with van der Waals surface area (Å²) in [7, 11) is -1.07. The molecule has 0 fully saturated rings. The molecule has 0 radical (unpaired) electrons. The highest BCUT2D eigenvalue weighted by Gasteiger charge is 2.11. The molecule has 0 aliphatic heterocycles. The summed E-state index contributed by atoms with van der Waals surface area (Å²) in [5.74, 6) is 5.62. The molecule has 6 nitrogen and oxygen atoms in total. The molecular formula is C14H21N2O4P. The number of H-pyrrole nitrogens is 1. The van der Waals surface area contributed by atoms with E-state index in [1.54, 1.807) is 6.66 Å². The Hall–Kier alpha value is -1.57. The van der Waals surface area contributed by atoms with Crippen LogP contribution in [0, 0.1) is 11.8 Å². The van der Waals surface area contributed by atoms with Gasteiger partial charge in [0.25, 0.3) is 5.56 Å². The Morgan fingerprint density at radius 1 is 1.43 bits per heavy atom. The van der Waals surface area contributed by atoms with Crippen molar-refractivity contribution in [1.82, 2.24) is 9.55 Å². The molecule has 0 aliphatic carbocycles. The van der Waals surface area contributed by atoms with Crippen molar-refractivity contribution in [3.05, 3.63) is 32.6 Å². The molecular weight excluding hydrogens is 291 g/mol. The van der Waals surface area contributed by atoms with E-state index in [-0.39, 0.29) is 11.6 Å². The first-order valence-corrected chi connectivity index (χ1v) is 8.99. The second-order valence-corrected chi connectivity index (χ2v) is 7.97. The summed E-state index contributed by atoms with van der Waals surface area (Å²) in [6, 6.07) is -0.0532. The van der Waals surface area contributed by atoms with Crippen LogP contribution in [0.15, 0.2) is 15.8 Å². The van der Waals surface area contributed by atoms with E-state index >= 15 is 0 Å². The Morgan fingerprint density at radius 3 is 2.67 bits per heavy atom. The Balaban J connectivity index is 2.79. The number of nitrogens with zero attached hydrogens (tertiary/aromatic N) is 1. The van der Waals surface area contributed by atoms with E-state index in [2.05, 4.69) is 16.8 Å². The molecule has 1 rings (SSSR count). The van der Waals surface area contributed by atoms with Gasteiger partial charge in [0.2, 0.25) is 0 Å². The van der Waals surface area contributed by atoms with Crippen LogP contribution in [-0.4, -0.2) is 29.5 Å². The third kappa shape index (κ3) is 5.37. The van der Waals surface area contributed by atoms with Crippen molar-refractivity contribution >= 4 is 7.37 Å². The fourth-order valence-electron chi connectivity index (χ4n) is 1.66. The van der Waals surface area contributed by atoms with Crippen molar-refractivity contribution in [2.24, 2.45) is 0 Å². The highest BCUT2D eigenvalue weighted by molar-refractivity contribution is 7.58. The molecule has 1 atom stereocenters. The van der Waals surface area contributed by atoms with E-state index in [1.807, 2.05) is 13.8 Å². The highest BCUT2D eigenvalue weighted by atomic mass is 31.2. The van der Waals surface area contributed by atoms with Gasteiger partial charge in [-0.3, -0.25) is 18.9 Å². The van der Waals surface area contributed by atoms with Gasteiger partial charge in [-0.25, -0.2) is 4.79 Å². The van der Waals surface area contributed by atoms with Gasteiger partial charge in [0.05, 0.1) is 0 Å². The average Bonchev–Trinajstić information content (AvgIpc) is 2.40. The zero-order chi connectivity index (χ0) is 16.0. The number of hydrogen-bond acceptors (Lipinski definition) is 4. The van der Waals surface area contributed by atoms with Gasteiger partial charge in [-0.15, -0.1) is 0 Å². The molecule has 1 aromatic heterocycles. The van der Waals surface area contributed by atoms with Crippen molar-refractivity contribution in [1.29, 1.82) is 0 Å². The summed E-state index contributed by atoms with van der Waals surface area (Å²) in [6.45, 7) is 5.28. The molecule has 7 heteroatoms. The normalized spacial score (nSPS) is 13.6. The van der Waals surface area contributed by atoms with Crippen molar-refractivity contribution in [3.8, 4) is 11.8 Å². The van der Waals surface area contributed by atoms with Gasteiger partial charge in [0.15, 0.2) is 7.37 Å². The van der Waals surface area contributed by atoms with E-state index in [9.17, 15) is 14.2 Å². The first-order chi connectivity index (χ1) is 9.76. The van der Waals surface area contributed by atoms with Crippen molar-refractivity contribution in [3.63, 3.8) is 0 Å². The topological polar surface area (TPSA) is 81.2 Å².